The van der Waals surface area contributed by atoms with Crippen LogP contribution in [0.5, 0.6) is 5.75 Å². The summed E-state index contributed by atoms with van der Waals surface area (Å²) in [5, 5.41) is 20.6. The molecule has 72 heavy (non-hydrogen) atoms. The van der Waals surface area contributed by atoms with E-state index in [0.717, 1.165) is 83.6 Å². The number of carbonyl (C=O) groups excluding carboxylic acids is 4. The summed E-state index contributed by atoms with van der Waals surface area (Å²) in [4.78, 5) is 74.9. The molecule has 3 fully saturated rings. The maximum Gasteiger partial charge on any atom is 0.344 e. The Hall–Kier alpha value is -5.49. The van der Waals surface area contributed by atoms with Gasteiger partial charge in [-0.3, -0.25) is 19.4 Å². The third-order valence-corrected chi connectivity index (χ3v) is 17.5. The number of hydrogen-bond donors (Lipinski definition) is 3. The van der Waals surface area contributed by atoms with Gasteiger partial charge in [0.25, 0.3) is 0 Å². The number of H-pyrrole nitrogens is 1. The molecule has 17 nitrogen and oxygen atoms in total. The lowest BCUT2D eigenvalue weighted by atomic mass is 9.47. The highest BCUT2D eigenvalue weighted by Gasteiger charge is 2.80. The Kier molecular flexibility index (Phi) is 14.3. The van der Waals surface area contributed by atoms with Crippen molar-refractivity contribution in [2.45, 2.75) is 126 Å². The molecule has 1 saturated heterocycles. The van der Waals surface area contributed by atoms with Crippen LogP contribution in [-0.2, 0) is 46.0 Å². The highest BCUT2D eigenvalue weighted by atomic mass is 35.5. The van der Waals surface area contributed by atoms with E-state index in [1.807, 2.05) is 37.1 Å². The molecule has 2 saturated carbocycles. The van der Waals surface area contributed by atoms with Crippen molar-refractivity contribution in [1.82, 2.24) is 25.1 Å². The van der Waals surface area contributed by atoms with Gasteiger partial charge in [0.15, 0.2) is 6.10 Å². The third-order valence-electron chi connectivity index (χ3n) is 17.3. The number of urea groups is 1. The Labute approximate surface area is 426 Å². The number of ether oxygens (including phenoxy) is 4. The Morgan fingerprint density at radius 3 is 2.42 bits per heavy atom. The number of nitrogens with one attached hydrogen (secondary N) is 2. The lowest BCUT2D eigenvalue weighted by Gasteiger charge is -2.63. The van der Waals surface area contributed by atoms with Gasteiger partial charge in [-0.2, -0.15) is 5.01 Å². The van der Waals surface area contributed by atoms with Gasteiger partial charge in [0, 0.05) is 103 Å². The fourth-order valence-corrected chi connectivity index (χ4v) is 14.8. The topological polar surface area (TPSA) is 196 Å². The number of halogens is 1. The zero-order valence-electron chi connectivity index (χ0n) is 42.6. The number of nitroso groups, excluding NO2 is 1. The Balaban J connectivity index is 0.000000368. The van der Waals surface area contributed by atoms with Gasteiger partial charge >= 0.3 is 23.9 Å². The first-order valence-electron chi connectivity index (χ1n) is 25.6. The second-order valence-electron chi connectivity index (χ2n) is 20.9. The number of methoxy groups -OCH3 is 3. The minimum absolute atomic E-state index is 0.0284. The smallest absolute Gasteiger partial charge is 0.344 e. The van der Waals surface area contributed by atoms with Crippen LogP contribution in [0.4, 0.5) is 10.5 Å². The zero-order valence-corrected chi connectivity index (χ0v) is 43.4. The van der Waals surface area contributed by atoms with Crippen molar-refractivity contribution in [1.29, 1.82) is 0 Å². The van der Waals surface area contributed by atoms with Crippen LogP contribution in [0.1, 0.15) is 101 Å². The first kappa shape index (κ1) is 51.4. The molecular formula is C54H70ClN7O10. The number of aromatic nitrogens is 1. The van der Waals surface area contributed by atoms with Crippen LogP contribution >= 0.6 is 11.6 Å². The van der Waals surface area contributed by atoms with E-state index in [9.17, 15) is 24.4 Å². The summed E-state index contributed by atoms with van der Waals surface area (Å²) >= 11 is 5.44. The molecule has 10 rings (SSSR count). The van der Waals surface area contributed by atoms with Crippen molar-refractivity contribution in [3.63, 3.8) is 0 Å². The molecule has 9 atom stereocenters. The number of alkyl halides is 1. The number of hydrogen-bond acceptors (Lipinski definition) is 14. The second-order valence-corrected chi connectivity index (χ2v) is 21.2. The van der Waals surface area contributed by atoms with Crippen LogP contribution < -0.4 is 15.0 Å². The van der Waals surface area contributed by atoms with E-state index in [2.05, 4.69) is 68.7 Å². The number of nitrogens with zero attached hydrogens (tertiary/aromatic N) is 5. The Bertz CT molecular complexity index is 2670. The van der Waals surface area contributed by atoms with Crippen molar-refractivity contribution >= 4 is 52.1 Å². The molecule has 0 unspecified atom stereocenters. The van der Waals surface area contributed by atoms with E-state index >= 15 is 4.79 Å². The molecule has 18 heteroatoms. The van der Waals surface area contributed by atoms with Gasteiger partial charge < -0.3 is 39.3 Å². The number of aromatic amines is 1. The standard InChI is InChI=1S/C45H54N4O8.C9H16ClN3O2/c1-8-27-19-28-22-44(40(51)55-6,36-30(25-48(23-27)24-28)29-13-10-11-14-33(29)46-36)32-20-31-34(21-35(32)54-5)47(4)38-43(31)16-18-49-17-12-15-42(9-2,37(43)49)39(57-26(3)50)45(38,53)41(52)56-7;10-6-7-13(12-15)9(14)11-8-4-2-1-3-5-8/h10-15,19-21,28,37-39,46,53H,8-9,16-18,22-25H2,1-7H3;8H,1-7H2,(H,11,14)/t28-,37-,38+,39+,42+,43+,44-,45-;/m0./s1. The fraction of sp³-hybridized carbons (Fsp3) is 0.593. The quantitative estimate of drug-likeness (QED) is 0.0444. The first-order chi connectivity index (χ1) is 34.7. The number of likely N-dealkylation sites (N-methyl/N-ethyl adjacent to an activating group) is 1. The summed E-state index contributed by atoms with van der Waals surface area (Å²) < 4.78 is 23.9. The predicted octanol–water partition coefficient (Wildman–Crippen LogP) is 7.00. The number of benzene rings is 2. The SMILES string of the molecule is CCC1=C[C@@H]2C[N@](C1)Cc1c([nH]c3ccccc13)[C@@](C(=O)OC)(c1cc3c(cc1OC)N(C)[C@H]1[C@@](O)(C(=O)OC)[C@H](OC(C)=O)[C@]4(CC)C=CCN5CC[C@]31[C@@H]54)C2.O=NN(CCCl)C(=O)NC1CCCCC1. The molecule has 0 radical (unpaired) electrons. The second kappa shape index (κ2) is 20.1. The normalized spacial score (nSPS) is 31.2. The van der Waals surface area contributed by atoms with Crippen LogP contribution in [0.2, 0.25) is 0 Å². The average molecular weight is 1010 g/mol. The molecular weight excluding hydrogens is 942 g/mol. The van der Waals surface area contributed by atoms with E-state index in [-0.39, 0.29) is 36.4 Å². The van der Waals surface area contributed by atoms with Crippen molar-refractivity contribution in [2.24, 2.45) is 16.6 Å². The number of carbonyl (C=O) groups is 4. The summed E-state index contributed by atoms with van der Waals surface area (Å²) in [6.45, 7) is 9.35. The largest absolute Gasteiger partial charge is 0.496 e. The van der Waals surface area contributed by atoms with Gasteiger partial charge in [-0.1, -0.05) is 75.1 Å². The minimum atomic E-state index is -2.27. The molecule has 1 aromatic heterocycles. The van der Waals surface area contributed by atoms with E-state index in [1.165, 1.54) is 33.1 Å². The number of anilines is 1. The van der Waals surface area contributed by atoms with Crippen LogP contribution in [0.25, 0.3) is 10.9 Å². The van der Waals surface area contributed by atoms with Gasteiger partial charge in [0.2, 0.25) is 5.60 Å². The average Bonchev–Trinajstić information content (AvgIpc) is 4.04. The van der Waals surface area contributed by atoms with Gasteiger partial charge in [0.05, 0.1) is 39.2 Å². The molecule has 2 bridgehead atoms. The number of fused-ring (bicyclic) bond motifs is 6. The minimum Gasteiger partial charge on any atom is -0.496 e. The summed E-state index contributed by atoms with van der Waals surface area (Å²) in [5.41, 5.74) is 1.05. The zero-order chi connectivity index (χ0) is 51.3. The summed E-state index contributed by atoms with van der Waals surface area (Å²) in [7, 11) is 6.22. The number of para-hydroxylation sites is 1. The number of amides is 2. The van der Waals surface area contributed by atoms with Gasteiger partial charge in [0.1, 0.15) is 11.2 Å². The number of esters is 3. The van der Waals surface area contributed by atoms with E-state index < -0.39 is 52.0 Å². The highest BCUT2D eigenvalue weighted by Crippen LogP contribution is 2.68. The van der Waals surface area contributed by atoms with Crippen molar-refractivity contribution < 1.29 is 43.2 Å². The molecule has 5 aliphatic heterocycles. The van der Waals surface area contributed by atoms with Crippen LogP contribution in [0.3, 0.4) is 0 Å². The molecule has 6 heterocycles. The van der Waals surface area contributed by atoms with Crippen molar-refractivity contribution in [2.75, 3.05) is 71.9 Å². The first-order valence-corrected chi connectivity index (χ1v) is 26.1. The summed E-state index contributed by atoms with van der Waals surface area (Å²) in [6.07, 6.45) is 13.1. The van der Waals surface area contributed by atoms with Crippen LogP contribution in [0.15, 0.2) is 65.5 Å². The van der Waals surface area contributed by atoms with Crippen LogP contribution in [-0.4, -0.2) is 146 Å². The van der Waals surface area contributed by atoms with E-state index in [4.69, 9.17) is 30.5 Å². The molecule has 3 aromatic rings. The Morgan fingerprint density at radius 2 is 1.75 bits per heavy atom. The molecule has 2 amide bonds. The van der Waals surface area contributed by atoms with Gasteiger partial charge in [-0.25, -0.2) is 9.59 Å². The van der Waals surface area contributed by atoms with Crippen molar-refractivity contribution in [3.8, 4) is 5.75 Å². The number of aliphatic hydroxyl groups is 1. The number of rotatable bonds is 11. The maximum atomic E-state index is 15.2. The predicted molar refractivity (Wildman–Crippen MR) is 273 cm³/mol. The molecule has 2 aliphatic carbocycles. The van der Waals surface area contributed by atoms with Gasteiger partial charge in [-0.05, 0) is 74.2 Å². The lowest BCUT2D eigenvalue weighted by Crippen LogP contribution is -2.81. The van der Waals surface area contributed by atoms with E-state index in [1.54, 1.807) is 7.11 Å². The van der Waals surface area contributed by atoms with Crippen molar-refractivity contribution in [3.05, 3.63) is 87.5 Å². The molecule has 388 valence electrons. The highest BCUT2D eigenvalue weighted by molar-refractivity contribution is 6.18. The Morgan fingerprint density at radius 1 is 1.00 bits per heavy atom. The molecule has 7 aliphatic rings. The van der Waals surface area contributed by atoms with E-state index in [0.29, 0.717) is 50.2 Å². The fourth-order valence-electron chi connectivity index (χ4n) is 14.6. The lowest BCUT2D eigenvalue weighted by molar-refractivity contribution is -0.228. The maximum absolute atomic E-state index is 15.2. The summed E-state index contributed by atoms with van der Waals surface area (Å²) in [6, 6.07) is 10.9. The van der Waals surface area contributed by atoms with Gasteiger partial charge in [-0.15, -0.1) is 16.5 Å². The molecule has 2 aromatic carbocycles. The molecule has 3 N–H and O–H groups in total. The molecule has 1 spiro atoms. The monoisotopic (exact) mass is 1010 g/mol. The summed E-state index contributed by atoms with van der Waals surface area (Å²) in [5.74, 6) is -1.10. The van der Waals surface area contributed by atoms with Crippen LogP contribution in [0, 0.1) is 16.2 Å². The third kappa shape index (κ3) is 7.90.